The first-order valence-corrected chi connectivity index (χ1v) is 6.27. The monoisotopic (exact) mass is 251 g/mol. The number of carbonyl (C=O) groups is 1. The van der Waals surface area contributed by atoms with Crippen molar-refractivity contribution in [3.63, 3.8) is 0 Å². The van der Waals surface area contributed by atoms with Crippen LogP contribution in [0.2, 0.25) is 0 Å². The van der Waals surface area contributed by atoms with E-state index < -0.39 is 0 Å². The molecule has 0 aromatic heterocycles. The van der Waals surface area contributed by atoms with E-state index in [2.05, 4.69) is 5.32 Å². The Bertz CT molecular complexity index is 600. The maximum Gasteiger partial charge on any atom is 0.248 e. The Balaban J connectivity index is 2.06. The van der Waals surface area contributed by atoms with Crippen molar-refractivity contribution in [3.8, 4) is 0 Å². The predicted octanol–water partition coefficient (Wildman–Crippen LogP) is 3.96. The molecule has 0 radical (unpaired) electrons. The molecule has 0 aliphatic heterocycles. The minimum Gasteiger partial charge on any atom is -0.322 e. The number of aryl methyl sites for hydroxylation is 1. The first-order chi connectivity index (χ1) is 9.16. The Kier molecular flexibility index (Phi) is 4.14. The Labute approximate surface area is 113 Å². The van der Waals surface area contributed by atoms with E-state index in [9.17, 15) is 4.79 Å². The van der Waals surface area contributed by atoms with Crippen molar-refractivity contribution in [1.82, 2.24) is 0 Å². The molecule has 2 rings (SSSR count). The molecule has 0 aliphatic carbocycles. The van der Waals surface area contributed by atoms with Gasteiger partial charge in [0.1, 0.15) is 0 Å². The Hall–Kier alpha value is -2.35. The number of nitrogens with one attached hydrogen (secondary N) is 1. The predicted molar refractivity (Wildman–Crippen MR) is 80.0 cm³/mol. The highest BCUT2D eigenvalue weighted by molar-refractivity contribution is 6.02. The zero-order chi connectivity index (χ0) is 13.7. The maximum atomic E-state index is 11.9. The average Bonchev–Trinajstić information content (AvgIpc) is 2.43. The second kappa shape index (κ2) is 6.01. The summed E-state index contributed by atoms with van der Waals surface area (Å²) in [6.45, 7) is 4.04. The number of benzene rings is 2. The molecule has 2 nitrogen and oxygen atoms in total. The van der Waals surface area contributed by atoms with E-state index >= 15 is 0 Å². The van der Waals surface area contributed by atoms with Crippen LogP contribution in [0.5, 0.6) is 0 Å². The smallest absolute Gasteiger partial charge is 0.248 e. The third-order valence-electron chi connectivity index (χ3n) is 3.09. The standard InChI is InChI=1S/C17H17NO/c1-13-7-6-10-16(14(13)2)18-17(19)12-11-15-8-4-3-5-9-15/h3-12H,1-2H3,(H,18,19)/b12-11+. The van der Waals surface area contributed by atoms with Crippen LogP contribution in [0.4, 0.5) is 5.69 Å². The van der Waals surface area contributed by atoms with Crippen LogP contribution in [-0.2, 0) is 4.79 Å². The van der Waals surface area contributed by atoms with Gasteiger partial charge in [-0.05, 0) is 42.7 Å². The fourth-order valence-corrected chi connectivity index (χ4v) is 1.80. The molecule has 1 N–H and O–H groups in total. The van der Waals surface area contributed by atoms with Crippen molar-refractivity contribution in [3.05, 3.63) is 71.3 Å². The lowest BCUT2D eigenvalue weighted by molar-refractivity contribution is -0.111. The van der Waals surface area contributed by atoms with Gasteiger partial charge in [-0.2, -0.15) is 0 Å². The molecule has 0 saturated heterocycles. The minimum atomic E-state index is -0.113. The van der Waals surface area contributed by atoms with Crippen LogP contribution >= 0.6 is 0 Å². The van der Waals surface area contributed by atoms with Crippen LogP contribution in [0.15, 0.2) is 54.6 Å². The van der Waals surface area contributed by atoms with E-state index in [0.717, 1.165) is 16.8 Å². The summed E-state index contributed by atoms with van der Waals surface area (Å²) in [5, 5.41) is 2.90. The molecule has 0 atom stereocenters. The number of amides is 1. The van der Waals surface area contributed by atoms with Crippen molar-refractivity contribution in [2.24, 2.45) is 0 Å². The van der Waals surface area contributed by atoms with Gasteiger partial charge in [0.2, 0.25) is 5.91 Å². The van der Waals surface area contributed by atoms with Gasteiger partial charge >= 0.3 is 0 Å². The first-order valence-electron chi connectivity index (χ1n) is 6.27. The lowest BCUT2D eigenvalue weighted by atomic mass is 10.1. The van der Waals surface area contributed by atoms with Gasteiger partial charge in [-0.3, -0.25) is 4.79 Å². The second-order valence-electron chi connectivity index (χ2n) is 4.48. The zero-order valence-electron chi connectivity index (χ0n) is 11.2. The Morgan fingerprint density at radius 2 is 1.74 bits per heavy atom. The average molecular weight is 251 g/mol. The van der Waals surface area contributed by atoms with Crippen molar-refractivity contribution < 1.29 is 4.79 Å². The van der Waals surface area contributed by atoms with E-state index in [1.165, 1.54) is 5.56 Å². The van der Waals surface area contributed by atoms with Crippen molar-refractivity contribution in [2.45, 2.75) is 13.8 Å². The molecule has 0 heterocycles. The molecule has 0 bridgehead atoms. The minimum absolute atomic E-state index is 0.113. The van der Waals surface area contributed by atoms with Crippen LogP contribution in [0, 0.1) is 13.8 Å². The van der Waals surface area contributed by atoms with E-state index in [4.69, 9.17) is 0 Å². The molecule has 0 saturated carbocycles. The maximum absolute atomic E-state index is 11.9. The topological polar surface area (TPSA) is 29.1 Å². The summed E-state index contributed by atoms with van der Waals surface area (Å²) in [5.74, 6) is -0.113. The fourth-order valence-electron chi connectivity index (χ4n) is 1.80. The van der Waals surface area contributed by atoms with Gasteiger partial charge in [0.25, 0.3) is 0 Å². The van der Waals surface area contributed by atoms with E-state index in [1.807, 2.05) is 62.4 Å². The summed E-state index contributed by atoms with van der Waals surface area (Å²) in [6.07, 6.45) is 3.36. The second-order valence-corrected chi connectivity index (χ2v) is 4.48. The van der Waals surface area contributed by atoms with Crippen LogP contribution in [0.1, 0.15) is 16.7 Å². The highest BCUT2D eigenvalue weighted by Crippen LogP contribution is 2.17. The molecule has 2 aromatic rings. The van der Waals surface area contributed by atoms with Gasteiger partial charge < -0.3 is 5.32 Å². The Morgan fingerprint density at radius 1 is 1.00 bits per heavy atom. The first kappa shape index (κ1) is 13.1. The molecule has 2 aromatic carbocycles. The van der Waals surface area contributed by atoms with Gasteiger partial charge in [-0.15, -0.1) is 0 Å². The number of carbonyl (C=O) groups excluding carboxylic acids is 1. The summed E-state index contributed by atoms with van der Waals surface area (Å²) in [4.78, 5) is 11.9. The molecule has 1 amide bonds. The van der Waals surface area contributed by atoms with Crippen LogP contribution < -0.4 is 5.32 Å². The molecule has 2 heteroatoms. The Morgan fingerprint density at radius 3 is 2.47 bits per heavy atom. The highest BCUT2D eigenvalue weighted by atomic mass is 16.1. The fraction of sp³-hybridized carbons (Fsp3) is 0.118. The number of hydrogen-bond acceptors (Lipinski definition) is 1. The van der Waals surface area contributed by atoms with Gasteiger partial charge in [-0.1, -0.05) is 42.5 Å². The molecule has 19 heavy (non-hydrogen) atoms. The number of anilines is 1. The molecule has 0 unspecified atom stereocenters. The van der Waals surface area contributed by atoms with Gasteiger partial charge in [-0.25, -0.2) is 0 Å². The van der Waals surface area contributed by atoms with Gasteiger partial charge in [0, 0.05) is 11.8 Å². The lowest BCUT2D eigenvalue weighted by Crippen LogP contribution is -2.09. The van der Waals surface area contributed by atoms with E-state index in [0.29, 0.717) is 0 Å². The summed E-state index contributed by atoms with van der Waals surface area (Å²) in [6, 6.07) is 15.7. The van der Waals surface area contributed by atoms with Crippen molar-refractivity contribution in [2.75, 3.05) is 5.32 Å². The SMILES string of the molecule is Cc1cccc(NC(=O)/C=C/c2ccccc2)c1C. The van der Waals surface area contributed by atoms with Crippen LogP contribution in [0.3, 0.4) is 0 Å². The quantitative estimate of drug-likeness (QED) is 0.822. The van der Waals surface area contributed by atoms with E-state index in [-0.39, 0.29) is 5.91 Å². The third-order valence-corrected chi connectivity index (χ3v) is 3.09. The summed E-state index contributed by atoms with van der Waals surface area (Å²) < 4.78 is 0. The molecule has 0 aliphatic rings. The third kappa shape index (κ3) is 3.55. The van der Waals surface area contributed by atoms with E-state index in [1.54, 1.807) is 12.2 Å². The lowest BCUT2D eigenvalue weighted by Gasteiger charge is -2.08. The zero-order valence-corrected chi connectivity index (χ0v) is 11.2. The number of hydrogen-bond donors (Lipinski definition) is 1. The van der Waals surface area contributed by atoms with Crippen LogP contribution in [-0.4, -0.2) is 5.91 Å². The van der Waals surface area contributed by atoms with Crippen molar-refractivity contribution in [1.29, 1.82) is 0 Å². The molecular weight excluding hydrogens is 234 g/mol. The molecule has 0 fully saturated rings. The summed E-state index contributed by atoms with van der Waals surface area (Å²) in [5.41, 5.74) is 4.15. The van der Waals surface area contributed by atoms with Gasteiger partial charge in [0.05, 0.1) is 0 Å². The number of rotatable bonds is 3. The summed E-state index contributed by atoms with van der Waals surface area (Å²) >= 11 is 0. The summed E-state index contributed by atoms with van der Waals surface area (Å²) in [7, 11) is 0. The van der Waals surface area contributed by atoms with Crippen molar-refractivity contribution >= 4 is 17.7 Å². The van der Waals surface area contributed by atoms with Gasteiger partial charge in [0.15, 0.2) is 0 Å². The molecule has 96 valence electrons. The molecule has 0 spiro atoms. The highest BCUT2D eigenvalue weighted by Gasteiger charge is 2.02. The van der Waals surface area contributed by atoms with Crippen LogP contribution in [0.25, 0.3) is 6.08 Å². The normalized spacial score (nSPS) is 10.6. The molecular formula is C17H17NO. The largest absolute Gasteiger partial charge is 0.322 e.